The first kappa shape index (κ1) is 35.6. The Morgan fingerprint density at radius 2 is 1.41 bits per heavy atom. The molecule has 0 spiro atoms. The number of nitrogens with one attached hydrogen (secondary N) is 4. The number of benzene rings is 2. The molecule has 12 nitrogen and oxygen atoms in total. The summed E-state index contributed by atoms with van der Waals surface area (Å²) in [5.41, 5.74) is 8.24. The predicted molar refractivity (Wildman–Crippen MR) is 213 cm³/mol. The van der Waals surface area contributed by atoms with Crippen LogP contribution in [0.5, 0.6) is 0 Å². The van der Waals surface area contributed by atoms with Gasteiger partial charge >= 0.3 is 6.09 Å². The molecule has 0 radical (unpaired) electrons. The maximum absolute atomic E-state index is 13.6. The van der Waals surface area contributed by atoms with Gasteiger partial charge in [-0.25, -0.2) is 19.7 Å². The third-order valence-corrected chi connectivity index (χ3v) is 12.3. The van der Waals surface area contributed by atoms with E-state index in [4.69, 9.17) is 19.7 Å². The molecule has 5 heterocycles. The summed E-state index contributed by atoms with van der Waals surface area (Å²) in [4.78, 5) is 57.1. The fourth-order valence-corrected chi connectivity index (χ4v) is 9.43. The lowest BCUT2D eigenvalue weighted by Crippen LogP contribution is -2.51. The summed E-state index contributed by atoms with van der Waals surface area (Å²) in [6.07, 6.45) is 14.2. The number of alkyl carbamates (subject to hydrolysis) is 1. The van der Waals surface area contributed by atoms with Gasteiger partial charge < -0.3 is 29.9 Å². The van der Waals surface area contributed by atoms with Crippen LogP contribution in [0.15, 0.2) is 91.6 Å². The van der Waals surface area contributed by atoms with Crippen molar-refractivity contribution in [2.24, 2.45) is 17.8 Å². The lowest BCUT2D eigenvalue weighted by atomic mass is 9.78. The number of aromatic amines is 3. The van der Waals surface area contributed by atoms with Gasteiger partial charge in [0, 0.05) is 42.5 Å². The van der Waals surface area contributed by atoms with Crippen LogP contribution in [0, 0.1) is 17.8 Å². The number of H-pyrrole nitrogens is 3. The SMILES string of the molecule is COC(=O)N[C@H](C(=O)N1CCC[C@H]1c1ncc(-c2ccc(-c3ccc(-c4cnc([C@H]5C6CCC(C6)[C@@H]5c5nc(-c6cccnc6)c[nH]5)[nH]4)cc3)cc2)[nH]1)C(C)C. The Labute approximate surface area is 326 Å². The standard InChI is InChI=1S/C44H47N9O3/c1-25(2)39(52-44(55)56-3)43(54)53-19-5-7-36(53)40-46-22-33(49-40)28-12-8-26(9-13-28)27-10-14-29(15-11-27)34-23-47-41(50-34)37-30-16-17-31(20-30)38(37)42-48-24-35(51-42)32-6-4-18-45-21-32/h4,6,8-15,18,21-25,30-31,36-39H,5,7,16-17,19-20H2,1-3H3,(H,46,49)(H,47,50)(H,48,51)(H,52,55)/t30?,31?,36-,37-,38-,39-/m0/s1. The van der Waals surface area contributed by atoms with Gasteiger partial charge in [0.25, 0.3) is 0 Å². The van der Waals surface area contributed by atoms with Gasteiger partial charge in [-0.2, -0.15) is 0 Å². The lowest BCUT2D eigenvalue weighted by Gasteiger charge is -2.30. The fraction of sp³-hybridized carbons (Fsp3) is 0.364. The van der Waals surface area contributed by atoms with Crippen molar-refractivity contribution in [3.05, 3.63) is 109 Å². The number of carbonyl (C=O) groups excluding carboxylic acids is 2. The lowest BCUT2D eigenvalue weighted by molar-refractivity contribution is -0.135. The largest absolute Gasteiger partial charge is 0.453 e. The third kappa shape index (κ3) is 6.67. The number of fused-ring (bicyclic) bond motifs is 2. The number of aromatic nitrogens is 7. The molecule has 2 bridgehead atoms. The van der Waals surface area contributed by atoms with Crippen molar-refractivity contribution in [3.8, 4) is 44.9 Å². The van der Waals surface area contributed by atoms with Crippen molar-refractivity contribution in [2.75, 3.05) is 13.7 Å². The average molecular weight is 750 g/mol. The number of nitrogens with zero attached hydrogens (tertiary/aromatic N) is 5. The zero-order valence-electron chi connectivity index (χ0n) is 31.9. The highest BCUT2D eigenvalue weighted by Crippen LogP contribution is 2.60. The summed E-state index contributed by atoms with van der Waals surface area (Å²) in [6.45, 7) is 4.45. The monoisotopic (exact) mass is 749 g/mol. The minimum atomic E-state index is -0.670. The maximum Gasteiger partial charge on any atom is 0.407 e. The zero-order chi connectivity index (χ0) is 38.3. The molecule has 9 rings (SSSR count). The molecule has 12 heteroatoms. The second-order valence-corrected chi connectivity index (χ2v) is 15.9. The summed E-state index contributed by atoms with van der Waals surface area (Å²) < 4.78 is 4.77. The van der Waals surface area contributed by atoms with Crippen LogP contribution in [0.25, 0.3) is 44.9 Å². The van der Waals surface area contributed by atoms with Gasteiger partial charge in [0.2, 0.25) is 5.91 Å². The van der Waals surface area contributed by atoms with E-state index in [0.717, 1.165) is 75.2 Å². The van der Waals surface area contributed by atoms with E-state index in [2.05, 4.69) is 79.9 Å². The molecule has 4 N–H and O–H groups in total. The smallest absolute Gasteiger partial charge is 0.407 e. The number of hydrogen-bond donors (Lipinski definition) is 4. The average Bonchev–Trinajstić information content (AvgIpc) is 4.10. The molecule has 6 atom stereocenters. The highest BCUT2D eigenvalue weighted by Gasteiger charge is 2.51. The summed E-state index contributed by atoms with van der Waals surface area (Å²) in [5, 5.41) is 2.71. The number of methoxy groups -OCH3 is 1. The molecule has 3 aliphatic rings. The number of imidazole rings is 3. The van der Waals surface area contributed by atoms with E-state index < -0.39 is 12.1 Å². The first-order valence-corrected chi connectivity index (χ1v) is 19.8. The highest BCUT2D eigenvalue weighted by atomic mass is 16.5. The van der Waals surface area contributed by atoms with Crippen molar-refractivity contribution in [1.29, 1.82) is 0 Å². The van der Waals surface area contributed by atoms with Crippen molar-refractivity contribution >= 4 is 12.0 Å². The summed E-state index contributed by atoms with van der Waals surface area (Å²) in [7, 11) is 1.30. The number of likely N-dealkylation sites (tertiary alicyclic amines) is 1. The molecular weight excluding hydrogens is 703 g/mol. The summed E-state index contributed by atoms with van der Waals surface area (Å²) in [6, 6.07) is 20.2. The highest BCUT2D eigenvalue weighted by molar-refractivity contribution is 5.86. The fourth-order valence-electron chi connectivity index (χ4n) is 9.43. The molecule has 2 saturated carbocycles. The number of rotatable bonds is 10. The minimum absolute atomic E-state index is 0.0883. The van der Waals surface area contributed by atoms with E-state index >= 15 is 0 Å². The van der Waals surface area contributed by atoms with Gasteiger partial charge in [-0.3, -0.25) is 9.78 Å². The maximum atomic E-state index is 13.6. The molecule has 2 aliphatic carbocycles. The normalized spacial score (nSPS) is 22.1. The van der Waals surface area contributed by atoms with E-state index in [9.17, 15) is 9.59 Å². The van der Waals surface area contributed by atoms with Crippen molar-refractivity contribution in [1.82, 2.24) is 45.1 Å². The zero-order valence-corrected chi connectivity index (χ0v) is 31.9. The first-order chi connectivity index (χ1) is 27.3. The Morgan fingerprint density at radius 1 is 0.786 bits per heavy atom. The molecule has 56 heavy (non-hydrogen) atoms. The Hall–Kier alpha value is -6.04. The number of ether oxygens (including phenoxy) is 1. The Bertz CT molecular complexity index is 2310. The van der Waals surface area contributed by atoms with Gasteiger partial charge in [-0.15, -0.1) is 0 Å². The van der Waals surface area contributed by atoms with Crippen molar-refractivity contribution in [2.45, 2.75) is 69.9 Å². The number of pyridine rings is 1. The van der Waals surface area contributed by atoms with Crippen LogP contribution in [0.2, 0.25) is 0 Å². The quantitative estimate of drug-likeness (QED) is 0.110. The Balaban J connectivity index is 0.872. The van der Waals surface area contributed by atoms with Crippen LogP contribution in [0.3, 0.4) is 0 Å². The van der Waals surface area contributed by atoms with Gasteiger partial charge in [0.05, 0.1) is 42.6 Å². The van der Waals surface area contributed by atoms with Crippen LogP contribution >= 0.6 is 0 Å². The van der Waals surface area contributed by atoms with E-state index in [1.807, 2.05) is 49.6 Å². The van der Waals surface area contributed by atoms with Gasteiger partial charge in [-0.1, -0.05) is 62.4 Å². The van der Waals surface area contributed by atoms with E-state index in [1.54, 1.807) is 6.20 Å². The molecule has 2 aromatic carbocycles. The molecule has 6 aromatic rings. The topological polar surface area (TPSA) is 158 Å². The Morgan fingerprint density at radius 3 is 2.04 bits per heavy atom. The van der Waals surface area contributed by atoms with Gasteiger partial charge in [0.1, 0.15) is 23.5 Å². The minimum Gasteiger partial charge on any atom is -0.453 e. The summed E-state index contributed by atoms with van der Waals surface area (Å²) >= 11 is 0. The van der Waals surface area contributed by atoms with Gasteiger partial charge in [-0.05, 0) is 84.2 Å². The van der Waals surface area contributed by atoms with E-state index in [1.165, 1.54) is 26.4 Å². The molecule has 2 amide bonds. The second-order valence-electron chi connectivity index (χ2n) is 15.9. The predicted octanol–water partition coefficient (Wildman–Crippen LogP) is 8.26. The second kappa shape index (κ2) is 14.9. The first-order valence-electron chi connectivity index (χ1n) is 19.8. The summed E-state index contributed by atoms with van der Waals surface area (Å²) in [5.74, 6) is 4.50. The number of carbonyl (C=O) groups is 2. The van der Waals surface area contributed by atoms with Crippen LogP contribution < -0.4 is 5.32 Å². The molecule has 2 unspecified atom stereocenters. The van der Waals surface area contributed by atoms with Crippen molar-refractivity contribution in [3.63, 3.8) is 0 Å². The molecule has 3 fully saturated rings. The Kier molecular flexibility index (Phi) is 9.48. The van der Waals surface area contributed by atoms with Crippen LogP contribution in [-0.2, 0) is 9.53 Å². The van der Waals surface area contributed by atoms with Gasteiger partial charge in [0.15, 0.2) is 0 Å². The number of hydrogen-bond acceptors (Lipinski definition) is 7. The van der Waals surface area contributed by atoms with Crippen LogP contribution in [0.4, 0.5) is 4.79 Å². The molecular formula is C44H47N9O3. The van der Waals surface area contributed by atoms with E-state index in [0.29, 0.717) is 30.2 Å². The molecule has 1 aliphatic heterocycles. The van der Waals surface area contributed by atoms with Crippen molar-refractivity contribution < 1.29 is 14.3 Å². The molecule has 1 saturated heterocycles. The third-order valence-electron chi connectivity index (χ3n) is 12.3. The van der Waals surface area contributed by atoms with Crippen LogP contribution in [-0.4, -0.2) is 71.5 Å². The van der Waals surface area contributed by atoms with E-state index in [-0.39, 0.29) is 17.9 Å². The number of amides is 2. The van der Waals surface area contributed by atoms with Crippen LogP contribution in [0.1, 0.15) is 81.3 Å². The molecule has 286 valence electrons. The molecule has 4 aromatic heterocycles.